The van der Waals surface area contributed by atoms with Gasteiger partial charge in [-0.05, 0) is 84.3 Å². The van der Waals surface area contributed by atoms with Gasteiger partial charge in [0.2, 0.25) is 0 Å². The van der Waals surface area contributed by atoms with Crippen molar-refractivity contribution in [3.63, 3.8) is 0 Å². The number of carbonyl (C=O) groups excluding carboxylic acids is 1. The van der Waals surface area contributed by atoms with Crippen LogP contribution in [0.3, 0.4) is 0 Å². The van der Waals surface area contributed by atoms with Crippen LogP contribution in [0.15, 0.2) is 41.5 Å². The second-order valence-electron chi connectivity index (χ2n) is 9.77. The number of rotatable bonds is 1. The smallest absolute Gasteiger partial charge is 0.253 e. The summed E-state index contributed by atoms with van der Waals surface area (Å²) in [6.45, 7) is 8.45. The Morgan fingerprint density at radius 2 is 1.86 bits per heavy atom. The number of allylic oxidation sites excluding steroid dienone is 3. The summed E-state index contributed by atoms with van der Waals surface area (Å²) >= 11 is 0. The SMILES string of the molecule is CC(C)(C)[C@H]1CC2=CCCC=C2CCN(C(=O)c2ccc3c(c2)C(O)CC3)C1. The molecule has 1 amide bonds. The van der Waals surface area contributed by atoms with Crippen LogP contribution >= 0.6 is 0 Å². The molecule has 1 aromatic rings. The molecule has 0 bridgehead atoms. The maximum Gasteiger partial charge on any atom is 0.253 e. The van der Waals surface area contributed by atoms with Crippen molar-refractivity contribution in [1.82, 2.24) is 4.90 Å². The highest BCUT2D eigenvalue weighted by Crippen LogP contribution is 2.38. The van der Waals surface area contributed by atoms with E-state index in [0.717, 1.165) is 62.7 Å². The molecule has 0 aromatic heterocycles. The molecule has 28 heavy (non-hydrogen) atoms. The molecule has 1 fully saturated rings. The normalized spacial score (nSPS) is 25.2. The number of amides is 1. The van der Waals surface area contributed by atoms with E-state index in [1.54, 1.807) is 0 Å². The zero-order valence-electron chi connectivity index (χ0n) is 17.5. The first-order valence-corrected chi connectivity index (χ1v) is 10.8. The van der Waals surface area contributed by atoms with Crippen LogP contribution in [-0.2, 0) is 6.42 Å². The van der Waals surface area contributed by atoms with Gasteiger partial charge in [-0.15, -0.1) is 0 Å². The summed E-state index contributed by atoms with van der Waals surface area (Å²) in [5, 5.41) is 10.2. The van der Waals surface area contributed by atoms with Crippen LogP contribution in [0.4, 0.5) is 0 Å². The Balaban J connectivity index is 1.61. The van der Waals surface area contributed by atoms with Gasteiger partial charge in [0, 0.05) is 18.7 Å². The Kier molecular flexibility index (Phi) is 5.22. The third kappa shape index (κ3) is 3.82. The molecular formula is C25H33NO2. The van der Waals surface area contributed by atoms with Gasteiger partial charge in [-0.1, -0.05) is 39.0 Å². The van der Waals surface area contributed by atoms with Crippen molar-refractivity contribution < 1.29 is 9.90 Å². The third-order valence-corrected chi connectivity index (χ3v) is 6.87. The maximum atomic E-state index is 13.4. The van der Waals surface area contributed by atoms with Crippen molar-refractivity contribution in [3.8, 4) is 0 Å². The van der Waals surface area contributed by atoms with E-state index in [4.69, 9.17) is 0 Å². The number of nitrogens with zero attached hydrogens (tertiary/aromatic N) is 1. The quantitative estimate of drug-likeness (QED) is 0.727. The summed E-state index contributed by atoms with van der Waals surface area (Å²) in [6.07, 6.45) is 10.3. The Hall–Kier alpha value is -1.87. The molecule has 150 valence electrons. The van der Waals surface area contributed by atoms with Gasteiger partial charge in [0.15, 0.2) is 0 Å². The predicted octanol–water partition coefficient (Wildman–Crippen LogP) is 5.21. The lowest BCUT2D eigenvalue weighted by atomic mass is 9.74. The Bertz CT molecular complexity index is 827. The summed E-state index contributed by atoms with van der Waals surface area (Å²) in [5.74, 6) is 0.546. The van der Waals surface area contributed by atoms with Gasteiger partial charge < -0.3 is 10.0 Å². The molecule has 0 saturated carbocycles. The highest BCUT2D eigenvalue weighted by molar-refractivity contribution is 5.94. The highest BCUT2D eigenvalue weighted by atomic mass is 16.3. The van der Waals surface area contributed by atoms with E-state index >= 15 is 0 Å². The third-order valence-electron chi connectivity index (χ3n) is 6.87. The summed E-state index contributed by atoms with van der Waals surface area (Å²) in [5.41, 5.74) is 5.97. The largest absolute Gasteiger partial charge is 0.388 e. The fourth-order valence-corrected chi connectivity index (χ4v) is 4.86. The Labute approximate surface area is 169 Å². The van der Waals surface area contributed by atoms with Gasteiger partial charge in [0.1, 0.15) is 0 Å². The van der Waals surface area contributed by atoms with Crippen molar-refractivity contribution >= 4 is 5.91 Å². The first kappa shape index (κ1) is 19.4. The van der Waals surface area contributed by atoms with E-state index in [-0.39, 0.29) is 11.3 Å². The number of aliphatic hydroxyl groups excluding tert-OH is 1. The van der Waals surface area contributed by atoms with Crippen molar-refractivity contribution in [2.24, 2.45) is 11.3 Å². The van der Waals surface area contributed by atoms with Gasteiger partial charge in [-0.25, -0.2) is 0 Å². The molecule has 4 rings (SSSR count). The zero-order valence-corrected chi connectivity index (χ0v) is 17.5. The van der Waals surface area contributed by atoms with Gasteiger partial charge in [-0.3, -0.25) is 4.79 Å². The van der Waals surface area contributed by atoms with Crippen molar-refractivity contribution in [2.75, 3.05) is 13.1 Å². The summed E-state index contributed by atoms with van der Waals surface area (Å²) in [7, 11) is 0. The van der Waals surface area contributed by atoms with Crippen molar-refractivity contribution in [1.29, 1.82) is 0 Å². The van der Waals surface area contributed by atoms with Gasteiger partial charge in [0.25, 0.3) is 5.91 Å². The average Bonchev–Trinajstić information content (AvgIpc) is 3.01. The van der Waals surface area contributed by atoms with Crippen LogP contribution in [0, 0.1) is 11.3 Å². The van der Waals surface area contributed by atoms with E-state index < -0.39 is 6.10 Å². The molecule has 1 aliphatic heterocycles. The fourth-order valence-electron chi connectivity index (χ4n) is 4.86. The second-order valence-corrected chi connectivity index (χ2v) is 9.77. The van der Waals surface area contributed by atoms with Gasteiger partial charge >= 0.3 is 0 Å². The molecule has 1 N–H and O–H groups in total. The Morgan fingerprint density at radius 1 is 1.11 bits per heavy atom. The topological polar surface area (TPSA) is 40.5 Å². The minimum absolute atomic E-state index is 0.111. The van der Waals surface area contributed by atoms with Crippen LogP contribution in [0.2, 0.25) is 0 Å². The monoisotopic (exact) mass is 379 g/mol. The lowest BCUT2D eigenvalue weighted by molar-refractivity contribution is 0.0666. The number of carbonyl (C=O) groups is 1. The number of aryl methyl sites for hydroxylation is 1. The van der Waals surface area contributed by atoms with E-state index in [2.05, 4.69) is 37.8 Å². The Morgan fingerprint density at radius 3 is 2.61 bits per heavy atom. The molecule has 3 nitrogen and oxygen atoms in total. The molecule has 1 heterocycles. The van der Waals surface area contributed by atoms with Crippen LogP contribution in [0.25, 0.3) is 0 Å². The van der Waals surface area contributed by atoms with E-state index in [9.17, 15) is 9.90 Å². The molecule has 3 aliphatic rings. The van der Waals surface area contributed by atoms with Crippen molar-refractivity contribution in [3.05, 3.63) is 58.2 Å². The number of hydrogen-bond acceptors (Lipinski definition) is 2. The van der Waals surface area contributed by atoms with E-state index in [0.29, 0.717) is 5.92 Å². The van der Waals surface area contributed by atoms with Crippen LogP contribution < -0.4 is 0 Å². The molecule has 2 aliphatic carbocycles. The average molecular weight is 380 g/mol. The summed E-state index contributed by atoms with van der Waals surface area (Å²) in [4.78, 5) is 15.5. The maximum absolute atomic E-state index is 13.4. The summed E-state index contributed by atoms with van der Waals surface area (Å²) in [6, 6.07) is 5.93. The van der Waals surface area contributed by atoms with Crippen LogP contribution in [0.5, 0.6) is 0 Å². The molecule has 0 radical (unpaired) electrons. The molecule has 2 atom stereocenters. The molecule has 1 aromatic carbocycles. The van der Waals surface area contributed by atoms with E-state index in [1.165, 1.54) is 16.7 Å². The lowest BCUT2D eigenvalue weighted by Crippen LogP contribution is -2.41. The standard InChI is InChI=1S/C25H33NO2/c1-25(2,3)21-14-19-7-5-4-6-17(19)12-13-26(16-21)24(28)20-9-8-18-10-11-23(27)22(18)15-20/h6-9,15,21,23,27H,4-5,10-14,16H2,1-3H3/t21-,23?/m0/s1. The molecular weight excluding hydrogens is 346 g/mol. The predicted molar refractivity (Wildman–Crippen MR) is 113 cm³/mol. The minimum atomic E-state index is -0.419. The molecule has 0 spiro atoms. The van der Waals surface area contributed by atoms with Gasteiger partial charge in [0.05, 0.1) is 6.10 Å². The number of benzene rings is 1. The van der Waals surface area contributed by atoms with E-state index in [1.807, 2.05) is 18.2 Å². The highest BCUT2D eigenvalue weighted by Gasteiger charge is 2.33. The van der Waals surface area contributed by atoms with Crippen molar-refractivity contribution in [2.45, 2.75) is 65.4 Å². The number of likely N-dealkylation sites (tertiary alicyclic amines) is 1. The minimum Gasteiger partial charge on any atom is -0.388 e. The second kappa shape index (κ2) is 7.51. The molecule has 1 saturated heterocycles. The number of aliphatic hydroxyl groups is 1. The first-order chi connectivity index (χ1) is 13.3. The van der Waals surface area contributed by atoms with Crippen LogP contribution in [-0.4, -0.2) is 29.0 Å². The zero-order chi connectivity index (χ0) is 19.9. The number of hydrogen-bond donors (Lipinski definition) is 1. The molecule has 1 unspecified atom stereocenters. The summed E-state index contributed by atoms with van der Waals surface area (Å²) < 4.78 is 0. The fraction of sp³-hybridized carbons (Fsp3) is 0.560. The number of fused-ring (bicyclic) bond motifs is 2. The van der Waals surface area contributed by atoms with Crippen LogP contribution in [0.1, 0.15) is 80.5 Å². The van der Waals surface area contributed by atoms with Gasteiger partial charge in [-0.2, -0.15) is 0 Å². The molecule has 3 heteroatoms. The lowest BCUT2D eigenvalue weighted by Gasteiger charge is -2.39. The first-order valence-electron chi connectivity index (χ1n) is 10.8.